The van der Waals surface area contributed by atoms with Gasteiger partial charge in [-0.05, 0) is 46.9 Å². The molecule has 0 saturated heterocycles. The van der Waals surface area contributed by atoms with Crippen LogP contribution in [0.1, 0.15) is 0 Å². The van der Waals surface area contributed by atoms with Gasteiger partial charge in [-0.25, -0.2) is 9.97 Å². The van der Waals surface area contributed by atoms with E-state index in [1.807, 2.05) is 18.2 Å². The van der Waals surface area contributed by atoms with Gasteiger partial charge in [0.25, 0.3) is 0 Å². The Morgan fingerprint density at radius 3 is 2.74 bits per heavy atom. The summed E-state index contributed by atoms with van der Waals surface area (Å²) in [5.41, 5.74) is 7.97. The molecule has 0 saturated carbocycles. The van der Waals surface area contributed by atoms with Crippen LogP contribution in [0, 0.1) is 3.57 Å². The van der Waals surface area contributed by atoms with Crippen molar-refractivity contribution in [2.45, 2.75) is 0 Å². The zero-order valence-corrected chi connectivity index (χ0v) is 13.1. The third-order valence-electron chi connectivity index (χ3n) is 2.64. The first-order chi connectivity index (χ1) is 9.06. The van der Waals surface area contributed by atoms with E-state index in [9.17, 15) is 0 Å². The van der Waals surface area contributed by atoms with Gasteiger partial charge < -0.3 is 5.73 Å². The van der Waals surface area contributed by atoms with Gasteiger partial charge in [-0.2, -0.15) is 0 Å². The monoisotopic (exact) mass is 404 g/mol. The molecule has 0 atom stereocenters. The Balaban J connectivity index is 2.33. The molecule has 0 radical (unpaired) electrons. The van der Waals surface area contributed by atoms with Crippen molar-refractivity contribution in [1.82, 2.24) is 14.5 Å². The number of pyridine rings is 1. The summed E-state index contributed by atoms with van der Waals surface area (Å²) in [6, 6.07) is 7.41. The Hall–Kier alpha value is -1.05. The maximum Gasteiger partial charge on any atom is 0.207 e. The van der Waals surface area contributed by atoms with Gasteiger partial charge in [-0.15, -0.1) is 0 Å². The largest absolute Gasteiger partial charge is 0.369 e. The van der Waals surface area contributed by atoms with Crippen LogP contribution in [0.4, 0.5) is 5.95 Å². The van der Waals surface area contributed by atoms with Crippen molar-refractivity contribution in [2.75, 3.05) is 5.73 Å². The molecular weight excluding hydrogens is 398 g/mol. The lowest BCUT2D eigenvalue weighted by Gasteiger charge is -2.08. The molecule has 0 aliphatic carbocycles. The van der Waals surface area contributed by atoms with Crippen LogP contribution in [0.25, 0.3) is 16.9 Å². The number of halogens is 3. The maximum absolute atomic E-state index is 6.26. The number of fused-ring (bicyclic) bond motifs is 1. The normalized spacial score (nSPS) is 11.1. The molecule has 7 heteroatoms. The van der Waals surface area contributed by atoms with Gasteiger partial charge in [0.15, 0.2) is 5.65 Å². The lowest BCUT2D eigenvalue weighted by atomic mass is 10.3. The topological polar surface area (TPSA) is 56.7 Å². The van der Waals surface area contributed by atoms with Crippen LogP contribution in [0.5, 0.6) is 0 Å². The molecule has 0 aliphatic rings. The highest BCUT2D eigenvalue weighted by molar-refractivity contribution is 14.1. The molecule has 19 heavy (non-hydrogen) atoms. The molecule has 2 aromatic heterocycles. The molecule has 4 nitrogen and oxygen atoms in total. The maximum atomic E-state index is 6.26. The summed E-state index contributed by atoms with van der Waals surface area (Å²) in [4.78, 5) is 8.52. The number of nitrogens with two attached hydrogens (primary N) is 1. The minimum Gasteiger partial charge on any atom is -0.369 e. The molecule has 2 heterocycles. The van der Waals surface area contributed by atoms with Gasteiger partial charge >= 0.3 is 0 Å². The third-order valence-corrected chi connectivity index (χ3v) is 3.82. The quantitative estimate of drug-likeness (QED) is 0.625. The fraction of sp³-hybridized carbons (Fsp3) is 0. The van der Waals surface area contributed by atoms with Crippen LogP contribution >= 0.6 is 45.8 Å². The Kier molecular flexibility index (Phi) is 3.28. The van der Waals surface area contributed by atoms with Crippen LogP contribution in [0.15, 0.2) is 30.5 Å². The van der Waals surface area contributed by atoms with Gasteiger partial charge in [0.05, 0.1) is 15.7 Å². The summed E-state index contributed by atoms with van der Waals surface area (Å²) in [5, 5.41) is 1.11. The first kappa shape index (κ1) is 13.0. The molecule has 0 aliphatic heterocycles. The standard InChI is InChI=1S/C12H7Cl2IN4/c13-6-3-9-11(17-5-6)19(12(16)18-9)10-2-1-7(15)4-8(10)14/h1-5H,(H2,16,18). The van der Waals surface area contributed by atoms with E-state index in [1.54, 1.807) is 16.8 Å². The van der Waals surface area contributed by atoms with Gasteiger partial charge in [-0.1, -0.05) is 23.2 Å². The predicted octanol–water partition coefficient (Wildman–Crippen LogP) is 3.91. The lowest BCUT2D eigenvalue weighted by molar-refractivity contribution is 1.08. The second-order valence-electron chi connectivity index (χ2n) is 3.90. The van der Waals surface area contributed by atoms with E-state index in [-0.39, 0.29) is 0 Å². The fourth-order valence-corrected chi connectivity index (χ4v) is 2.95. The van der Waals surface area contributed by atoms with E-state index in [1.165, 1.54) is 0 Å². The smallest absolute Gasteiger partial charge is 0.207 e. The number of nitrogens with zero attached hydrogens (tertiary/aromatic N) is 3. The highest BCUT2D eigenvalue weighted by Crippen LogP contribution is 2.29. The minimum absolute atomic E-state index is 0.327. The summed E-state index contributed by atoms with van der Waals surface area (Å²) in [6.07, 6.45) is 1.56. The molecular formula is C12H7Cl2IN4. The zero-order valence-electron chi connectivity index (χ0n) is 9.44. The summed E-state index contributed by atoms with van der Waals surface area (Å²) in [7, 11) is 0. The number of hydrogen-bond donors (Lipinski definition) is 1. The van der Waals surface area contributed by atoms with Crippen LogP contribution in [-0.2, 0) is 0 Å². The van der Waals surface area contributed by atoms with Gasteiger partial charge in [0.1, 0.15) is 5.52 Å². The van der Waals surface area contributed by atoms with Crippen molar-refractivity contribution in [1.29, 1.82) is 0 Å². The molecule has 0 amide bonds. The molecule has 2 N–H and O–H groups in total. The van der Waals surface area contributed by atoms with Crippen LogP contribution in [0.3, 0.4) is 0 Å². The molecule has 0 bridgehead atoms. The van der Waals surface area contributed by atoms with E-state index in [2.05, 4.69) is 32.6 Å². The van der Waals surface area contributed by atoms with Gasteiger partial charge in [-0.3, -0.25) is 4.57 Å². The van der Waals surface area contributed by atoms with E-state index in [0.29, 0.717) is 27.2 Å². The van der Waals surface area contributed by atoms with Crippen molar-refractivity contribution < 1.29 is 0 Å². The second kappa shape index (κ2) is 4.81. The fourth-order valence-electron chi connectivity index (χ4n) is 1.86. The number of rotatable bonds is 1. The molecule has 0 unspecified atom stereocenters. The number of anilines is 1. The number of imidazole rings is 1. The highest BCUT2D eigenvalue weighted by atomic mass is 127. The summed E-state index contributed by atoms with van der Waals surface area (Å²) in [5.74, 6) is 0.327. The van der Waals surface area contributed by atoms with Crippen molar-refractivity contribution >= 4 is 62.9 Å². The molecule has 0 fully saturated rings. The van der Waals surface area contributed by atoms with Crippen molar-refractivity contribution in [2.24, 2.45) is 0 Å². The van der Waals surface area contributed by atoms with Crippen molar-refractivity contribution in [3.05, 3.63) is 44.1 Å². The van der Waals surface area contributed by atoms with Crippen molar-refractivity contribution in [3.8, 4) is 5.69 Å². The predicted molar refractivity (Wildman–Crippen MR) is 86.0 cm³/mol. The molecule has 3 rings (SSSR count). The Bertz CT molecular complexity index is 785. The number of nitrogen functional groups attached to an aromatic ring is 1. The SMILES string of the molecule is Nc1nc2cc(Cl)cnc2n1-c1ccc(I)cc1Cl. The minimum atomic E-state index is 0.327. The first-order valence-electron chi connectivity index (χ1n) is 5.31. The van der Waals surface area contributed by atoms with Crippen LogP contribution in [0.2, 0.25) is 10.0 Å². The number of hydrogen-bond acceptors (Lipinski definition) is 3. The van der Waals surface area contributed by atoms with Gasteiger partial charge in [0, 0.05) is 9.77 Å². The molecule has 3 aromatic rings. The van der Waals surface area contributed by atoms with Crippen LogP contribution in [-0.4, -0.2) is 14.5 Å². The Labute approximate surface area is 132 Å². The Morgan fingerprint density at radius 2 is 2.00 bits per heavy atom. The average molecular weight is 405 g/mol. The highest BCUT2D eigenvalue weighted by Gasteiger charge is 2.14. The molecule has 0 spiro atoms. The van der Waals surface area contributed by atoms with E-state index >= 15 is 0 Å². The van der Waals surface area contributed by atoms with E-state index in [4.69, 9.17) is 28.9 Å². The average Bonchev–Trinajstić information content (AvgIpc) is 2.65. The molecule has 1 aromatic carbocycles. The first-order valence-corrected chi connectivity index (χ1v) is 7.14. The number of aromatic nitrogens is 3. The molecule has 96 valence electrons. The van der Waals surface area contributed by atoms with E-state index < -0.39 is 0 Å². The lowest BCUT2D eigenvalue weighted by Crippen LogP contribution is -2.02. The number of benzene rings is 1. The summed E-state index contributed by atoms with van der Waals surface area (Å²) < 4.78 is 2.76. The van der Waals surface area contributed by atoms with E-state index in [0.717, 1.165) is 9.26 Å². The van der Waals surface area contributed by atoms with Gasteiger partial charge in [0.2, 0.25) is 5.95 Å². The summed E-state index contributed by atoms with van der Waals surface area (Å²) >= 11 is 14.4. The van der Waals surface area contributed by atoms with Crippen molar-refractivity contribution in [3.63, 3.8) is 0 Å². The summed E-state index contributed by atoms with van der Waals surface area (Å²) in [6.45, 7) is 0. The Morgan fingerprint density at radius 1 is 1.21 bits per heavy atom. The second-order valence-corrected chi connectivity index (χ2v) is 5.99. The zero-order chi connectivity index (χ0) is 13.6. The van der Waals surface area contributed by atoms with Crippen LogP contribution < -0.4 is 5.73 Å². The third kappa shape index (κ3) is 2.26.